The molecule has 0 unspecified atom stereocenters. The van der Waals surface area contributed by atoms with Crippen molar-refractivity contribution >= 4 is 23.3 Å². The van der Waals surface area contributed by atoms with Gasteiger partial charge in [0.2, 0.25) is 0 Å². The van der Waals surface area contributed by atoms with E-state index in [1.165, 1.54) is 12.1 Å². The van der Waals surface area contributed by atoms with E-state index in [0.29, 0.717) is 11.5 Å². The first-order valence-electron chi connectivity index (χ1n) is 9.24. The van der Waals surface area contributed by atoms with E-state index in [1.54, 1.807) is 12.1 Å². The summed E-state index contributed by atoms with van der Waals surface area (Å²) in [5.74, 6) is 0.564. The van der Waals surface area contributed by atoms with E-state index in [0.717, 1.165) is 43.3 Å². The summed E-state index contributed by atoms with van der Waals surface area (Å²) in [4.78, 5) is 0.744. The first-order chi connectivity index (χ1) is 12.8. The van der Waals surface area contributed by atoms with Crippen molar-refractivity contribution in [1.82, 2.24) is 5.32 Å². The van der Waals surface area contributed by atoms with Gasteiger partial charge in [-0.15, -0.1) is 0 Å². The Morgan fingerprint density at radius 1 is 1.11 bits per heavy atom. The second kappa shape index (κ2) is 12.5. The predicted molar refractivity (Wildman–Crippen MR) is 113 cm³/mol. The van der Waals surface area contributed by atoms with Crippen molar-refractivity contribution in [2.24, 2.45) is 5.92 Å². The summed E-state index contributed by atoms with van der Waals surface area (Å²) in [5, 5.41) is 3.17. The van der Waals surface area contributed by atoms with Crippen molar-refractivity contribution in [1.29, 1.82) is 0 Å². The molecule has 0 saturated heterocycles. The third kappa shape index (κ3) is 11.4. The molecule has 0 heterocycles. The molecule has 1 N–H and O–H groups in total. The topological polar surface area (TPSA) is 12.0 Å². The van der Waals surface area contributed by atoms with Gasteiger partial charge in [0.1, 0.15) is 0 Å². The minimum Gasteiger partial charge on any atom is -0.376 e. The Kier molecular flexibility index (Phi) is 10.7. The molecule has 0 aliphatic rings. The predicted octanol–water partition coefficient (Wildman–Crippen LogP) is 6.96. The minimum absolute atomic E-state index is 0.564. The summed E-state index contributed by atoms with van der Waals surface area (Å²) >= 11 is 5.19. The van der Waals surface area contributed by atoms with Gasteiger partial charge in [0.15, 0.2) is 0 Å². The molecular weight excluding hydrogens is 367 g/mol. The lowest BCUT2D eigenvalue weighted by molar-refractivity contribution is -0.137. The molecule has 0 aliphatic carbocycles. The molecule has 0 fully saturated rings. The van der Waals surface area contributed by atoms with E-state index in [-0.39, 0.29) is 0 Å². The number of unbranched alkanes of at least 4 members (excludes halogenated alkanes) is 3. The van der Waals surface area contributed by atoms with Crippen molar-refractivity contribution < 1.29 is 13.2 Å². The second-order valence-corrected chi connectivity index (χ2v) is 7.18. The molecule has 0 bridgehead atoms. The quantitative estimate of drug-likeness (QED) is 0.199. The van der Waals surface area contributed by atoms with Crippen LogP contribution in [0.4, 0.5) is 13.2 Å². The van der Waals surface area contributed by atoms with Crippen molar-refractivity contribution in [3.63, 3.8) is 0 Å². The van der Waals surface area contributed by atoms with Gasteiger partial charge < -0.3 is 5.32 Å². The molecule has 5 heteroatoms. The molecule has 0 amide bonds. The van der Waals surface area contributed by atoms with Crippen molar-refractivity contribution in [3.8, 4) is 0 Å². The van der Waals surface area contributed by atoms with Crippen molar-refractivity contribution in [2.75, 3.05) is 6.54 Å². The number of benzene rings is 1. The number of hydrogen-bond donors (Lipinski definition) is 1. The molecule has 0 atom stereocenters. The van der Waals surface area contributed by atoms with Gasteiger partial charge in [0, 0.05) is 6.54 Å². The number of hydrogen-bond acceptors (Lipinski definition) is 1. The van der Waals surface area contributed by atoms with Crippen LogP contribution in [0, 0.1) is 5.92 Å². The molecule has 0 saturated carbocycles. The van der Waals surface area contributed by atoms with Crippen molar-refractivity contribution in [3.05, 3.63) is 65.8 Å². The fourth-order valence-electron chi connectivity index (χ4n) is 2.24. The van der Waals surface area contributed by atoms with Crippen LogP contribution in [0.5, 0.6) is 0 Å². The lowest BCUT2D eigenvalue weighted by Gasteiger charge is -2.06. The highest BCUT2D eigenvalue weighted by Gasteiger charge is 2.30. The van der Waals surface area contributed by atoms with Gasteiger partial charge in [-0.2, -0.15) is 13.2 Å². The molecule has 1 nitrogen and oxygen atoms in total. The van der Waals surface area contributed by atoms with Crippen LogP contribution < -0.4 is 5.32 Å². The normalized spacial score (nSPS) is 12.7. The number of thiocarbonyl (C=S) groups is 1. The molecule has 148 valence electrons. The Hall–Kier alpha value is -1.88. The summed E-state index contributed by atoms with van der Waals surface area (Å²) in [7, 11) is 0. The average molecular weight is 396 g/mol. The Labute approximate surface area is 166 Å². The maximum atomic E-state index is 12.7. The SMILES string of the molecule is CC(C)CNC(=S)C=CC=CCCCCC=Cc1cccc(C(F)(F)F)c1. The third-order valence-electron chi connectivity index (χ3n) is 3.70. The van der Waals surface area contributed by atoms with E-state index >= 15 is 0 Å². The smallest absolute Gasteiger partial charge is 0.376 e. The summed E-state index contributed by atoms with van der Waals surface area (Å²) in [6.45, 7) is 5.14. The first kappa shape index (κ1) is 23.2. The molecule has 1 aromatic rings. The van der Waals surface area contributed by atoms with Gasteiger partial charge >= 0.3 is 6.18 Å². The highest BCUT2D eigenvalue weighted by molar-refractivity contribution is 7.80. The maximum Gasteiger partial charge on any atom is 0.416 e. The van der Waals surface area contributed by atoms with Crippen LogP contribution in [0.1, 0.15) is 50.7 Å². The van der Waals surface area contributed by atoms with Crippen LogP contribution in [-0.2, 0) is 6.18 Å². The molecule has 1 aromatic carbocycles. The number of rotatable bonds is 10. The van der Waals surface area contributed by atoms with Crippen LogP contribution >= 0.6 is 12.2 Å². The largest absolute Gasteiger partial charge is 0.416 e. The number of allylic oxidation sites excluding steroid dienone is 4. The van der Waals surface area contributed by atoms with Crippen LogP contribution in [0.3, 0.4) is 0 Å². The number of halogens is 3. The third-order valence-corrected chi connectivity index (χ3v) is 3.98. The van der Waals surface area contributed by atoms with Gasteiger partial charge in [-0.1, -0.05) is 68.6 Å². The fourth-order valence-corrected chi connectivity index (χ4v) is 2.41. The lowest BCUT2D eigenvalue weighted by Crippen LogP contribution is -2.23. The zero-order chi connectivity index (χ0) is 20.1. The van der Waals surface area contributed by atoms with Gasteiger partial charge in [0.05, 0.1) is 10.6 Å². The van der Waals surface area contributed by atoms with E-state index in [4.69, 9.17) is 12.2 Å². The van der Waals surface area contributed by atoms with Crippen LogP contribution in [0.15, 0.2) is 54.6 Å². The van der Waals surface area contributed by atoms with Gasteiger partial charge in [-0.25, -0.2) is 0 Å². The zero-order valence-corrected chi connectivity index (χ0v) is 16.7. The van der Waals surface area contributed by atoms with Crippen LogP contribution in [0.25, 0.3) is 6.08 Å². The Morgan fingerprint density at radius 3 is 2.48 bits per heavy atom. The summed E-state index contributed by atoms with van der Waals surface area (Å²) in [6, 6.07) is 5.38. The number of alkyl halides is 3. The average Bonchev–Trinajstić information content (AvgIpc) is 2.61. The molecule has 1 rings (SSSR count). The Balaban J connectivity index is 2.20. The fraction of sp³-hybridized carbons (Fsp3) is 0.409. The summed E-state index contributed by atoms with van der Waals surface area (Å²) in [5.41, 5.74) is -0.0290. The Morgan fingerprint density at radius 2 is 1.81 bits per heavy atom. The number of nitrogens with one attached hydrogen (secondary N) is 1. The van der Waals surface area contributed by atoms with Gasteiger partial charge in [0.25, 0.3) is 0 Å². The standard InChI is InChI=1S/C22H28F3NS/c1-18(2)17-26-21(27)15-10-8-6-4-3-5-7-9-12-19-13-11-14-20(16-19)22(23,24)25/h6,8-16,18H,3-5,7,17H2,1-2H3,(H,26,27). The second-order valence-electron chi connectivity index (χ2n) is 6.74. The monoisotopic (exact) mass is 395 g/mol. The molecule has 27 heavy (non-hydrogen) atoms. The molecule has 0 aromatic heterocycles. The van der Waals surface area contributed by atoms with E-state index < -0.39 is 11.7 Å². The van der Waals surface area contributed by atoms with Gasteiger partial charge in [-0.05, 0) is 55.4 Å². The van der Waals surface area contributed by atoms with E-state index in [9.17, 15) is 13.2 Å². The molecule has 0 spiro atoms. The van der Waals surface area contributed by atoms with Gasteiger partial charge in [-0.3, -0.25) is 0 Å². The summed E-state index contributed by atoms with van der Waals surface area (Å²) < 4.78 is 38.0. The lowest BCUT2D eigenvalue weighted by atomic mass is 10.1. The van der Waals surface area contributed by atoms with Crippen LogP contribution in [0.2, 0.25) is 0 Å². The Bertz CT molecular complexity index is 658. The zero-order valence-electron chi connectivity index (χ0n) is 15.9. The molecule has 0 radical (unpaired) electrons. The highest BCUT2D eigenvalue weighted by atomic mass is 32.1. The van der Waals surface area contributed by atoms with Crippen LogP contribution in [-0.4, -0.2) is 11.5 Å². The molecule has 0 aliphatic heterocycles. The first-order valence-corrected chi connectivity index (χ1v) is 9.64. The minimum atomic E-state index is -4.29. The highest BCUT2D eigenvalue weighted by Crippen LogP contribution is 2.29. The maximum absolute atomic E-state index is 12.7. The van der Waals surface area contributed by atoms with E-state index in [1.807, 2.05) is 24.3 Å². The van der Waals surface area contributed by atoms with Crippen molar-refractivity contribution in [2.45, 2.75) is 45.7 Å². The van der Waals surface area contributed by atoms with E-state index in [2.05, 4.69) is 25.2 Å². The summed E-state index contributed by atoms with van der Waals surface area (Å²) in [6.07, 6.45) is 11.1. The molecular formula is C22H28F3NS.